The average Bonchev–Trinajstić information content (AvgIpc) is 3.03. The number of nitrogens with zero attached hydrogens (tertiary/aromatic N) is 2. The summed E-state index contributed by atoms with van der Waals surface area (Å²) in [5, 5.41) is 15.2. The molecule has 0 spiro atoms. The standard InChI is InChI=1S/C16H22N4O/c1-2-20(14-7-9-18-12-14)10-8-16(21)19-15-6-4-3-5-13(15)11-17/h3-6,14,18H,2,7-10,12H2,1H3,(H,19,21). The number of nitrogens with one attached hydrogen (secondary N) is 2. The van der Waals surface area contributed by atoms with Crippen molar-refractivity contribution in [1.29, 1.82) is 5.26 Å². The highest BCUT2D eigenvalue weighted by Gasteiger charge is 2.21. The zero-order valence-corrected chi connectivity index (χ0v) is 12.4. The van der Waals surface area contributed by atoms with Crippen LogP contribution in [0.25, 0.3) is 0 Å². The number of rotatable bonds is 6. The van der Waals surface area contributed by atoms with E-state index < -0.39 is 0 Å². The summed E-state index contributed by atoms with van der Waals surface area (Å²) in [6.45, 7) is 5.90. The first-order valence-corrected chi connectivity index (χ1v) is 7.48. The van der Waals surface area contributed by atoms with Crippen molar-refractivity contribution < 1.29 is 4.79 Å². The predicted octanol–water partition coefficient (Wildman–Crippen LogP) is 1.57. The van der Waals surface area contributed by atoms with Crippen LogP contribution in [-0.4, -0.2) is 43.0 Å². The second-order valence-electron chi connectivity index (χ2n) is 5.23. The lowest BCUT2D eigenvalue weighted by Gasteiger charge is -2.26. The number of amides is 1. The highest BCUT2D eigenvalue weighted by Crippen LogP contribution is 2.14. The van der Waals surface area contributed by atoms with Crippen LogP contribution in [0.1, 0.15) is 25.3 Å². The van der Waals surface area contributed by atoms with Crippen molar-refractivity contribution in [3.63, 3.8) is 0 Å². The minimum Gasteiger partial charge on any atom is -0.325 e. The van der Waals surface area contributed by atoms with Crippen molar-refractivity contribution in [1.82, 2.24) is 10.2 Å². The van der Waals surface area contributed by atoms with E-state index in [9.17, 15) is 4.79 Å². The van der Waals surface area contributed by atoms with Gasteiger partial charge in [-0.25, -0.2) is 0 Å². The summed E-state index contributed by atoms with van der Waals surface area (Å²) in [6.07, 6.45) is 1.59. The zero-order chi connectivity index (χ0) is 15.1. The van der Waals surface area contributed by atoms with Gasteiger partial charge in [-0.1, -0.05) is 19.1 Å². The van der Waals surface area contributed by atoms with E-state index in [0.717, 1.165) is 32.6 Å². The SMILES string of the molecule is CCN(CCC(=O)Nc1ccccc1C#N)C1CCNC1. The lowest BCUT2D eigenvalue weighted by Crippen LogP contribution is -2.38. The van der Waals surface area contributed by atoms with Gasteiger partial charge in [0.05, 0.1) is 11.3 Å². The van der Waals surface area contributed by atoms with E-state index in [4.69, 9.17) is 5.26 Å². The minimum absolute atomic E-state index is 0.0397. The summed E-state index contributed by atoms with van der Waals surface area (Å²) >= 11 is 0. The van der Waals surface area contributed by atoms with Crippen molar-refractivity contribution in [3.05, 3.63) is 29.8 Å². The normalized spacial score (nSPS) is 17.7. The molecule has 1 aromatic rings. The molecule has 0 aromatic heterocycles. The molecule has 112 valence electrons. The maximum atomic E-state index is 12.1. The molecule has 1 saturated heterocycles. The van der Waals surface area contributed by atoms with Crippen LogP contribution in [0.2, 0.25) is 0 Å². The minimum atomic E-state index is -0.0397. The van der Waals surface area contributed by atoms with Crippen molar-refractivity contribution in [2.45, 2.75) is 25.8 Å². The number of nitriles is 1. The highest BCUT2D eigenvalue weighted by molar-refractivity contribution is 5.92. The van der Waals surface area contributed by atoms with Crippen LogP contribution in [0.4, 0.5) is 5.69 Å². The molecule has 0 saturated carbocycles. The van der Waals surface area contributed by atoms with Gasteiger partial charge in [0.15, 0.2) is 0 Å². The Hall–Kier alpha value is -1.90. The van der Waals surface area contributed by atoms with Gasteiger partial charge in [0.25, 0.3) is 0 Å². The summed E-state index contributed by atoms with van der Waals surface area (Å²) in [5.74, 6) is -0.0397. The van der Waals surface area contributed by atoms with E-state index in [1.54, 1.807) is 18.2 Å². The molecule has 2 N–H and O–H groups in total. The summed E-state index contributed by atoms with van der Waals surface area (Å²) < 4.78 is 0. The number of carbonyl (C=O) groups excluding carboxylic acids is 1. The fraction of sp³-hybridized carbons (Fsp3) is 0.500. The Bertz CT molecular complexity index is 517. The molecule has 2 rings (SSSR count). The summed E-state index contributed by atoms with van der Waals surface area (Å²) in [7, 11) is 0. The van der Waals surface area contributed by atoms with Crippen molar-refractivity contribution in [2.75, 3.05) is 31.5 Å². The van der Waals surface area contributed by atoms with Gasteiger partial charge in [-0.05, 0) is 31.6 Å². The molecule has 0 bridgehead atoms. The fourth-order valence-corrected chi connectivity index (χ4v) is 2.70. The van der Waals surface area contributed by atoms with Gasteiger partial charge >= 0.3 is 0 Å². The molecule has 1 aliphatic heterocycles. The molecular formula is C16H22N4O. The molecule has 0 aliphatic carbocycles. The topological polar surface area (TPSA) is 68.2 Å². The van der Waals surface area contributed by atoms with E-state index >= 15 is 0 Å². The molecule has 21 heavy (non-hydrogen) atoms. The van der Waals surface area contributed by atoms with Crippen molar-refractivity contribution >= 4 is 11.6 Å². The largest absolute Gasteiger partial charge is 0.325 e. The lowest BCUT2D eigenvalue weighted by molar-refractivity contribution is -0.116. The molecule has 1 aliphatic rings. The highest BCUT2D eigenvalue weighted by atomic mass is 16.1. The molecule has 1 unspecified atom stereocenters. The van der Waals surface area contributed by atoms with Gasteiger partial charge in [-0.2, -0.15) is 5.26 Å². The molecule has 5 heteroatoms. The van der Waals surface area contributed by atoms with Crippen LogP contribution in [0, 0.1) is 11.3 Å². The third-order valence-corrected chi connectivity index (χ3v) is 3.90. The smallest absolute Gasteiger partial charge is 0.225 e. The Balaban J connectivity index is 1.85. The number of likely N-dealkylation sites (N-methyl/N-ethyl adjacent to an activating group) is 1. The number of anilines is 1. The monoisotopic (exact) mass is 286 g/mol. The van der Waals surface area contributed by atoms with Crippen molar-refractivity contribution in [3.8, 4) is 6.07 Å². The Morgan fingerprint density at radius 3 is 3.00 bits per heavy atom. The Morgan fingerprint density at radius 2 is 2.33 bits per heavy atom. The van der Waals surface area contributed by atoms with Gasteiger partial charge in [0.1, 0.15) is 6.07 Å². The van der Waals surface area contributed by atoms with Crippen LogP contribution in [0.3, 0.4) is 0 Å². The van der Waals surface area contributed by atoms with E-state index in [1.807, 2.05) is 6.07 Å². The van der Waals surface area contributed by atoms with Crippen LogP contribution in [-0.2, 0) is 4.79 Å². The van der Waals surface area contributed by atoms with Crippen LogP contribution in [0.15, 0.2) is 24.3 Å². The van der Waals surface area contributed by atoms with Crippen LogP contribution >= 0.6 is 0 Å². The Morgan fingerprint density at radius 1 is 1.52 bits per heavy atom. The molecule has 1 heterocycles. The molecule has 0 radical (unpaired) electrons. The first-order chi connectivity index (χ1) is 10.2. The first-order valence-electron chi connectivity index (χ1n) is 7.48. The molecule has 1 fully saturated rings. The molecule has 1 amide bonds. The van der Waals surface area contributed by atoms with E-state index in [2.05, 4.69) is 28.5 Å². The number of hydrogen-bond donors (Lipinski definition) is 2. The molecule has 5 nitrogen and oxygen atoms in total. The quantitative estimate of drug-likeness (QED) is 0.833. The summed E-state index contributed by atoms with van der Waals surface area (Å²) in [4.78, 5) is 14.4. The number of benzene rings is 1. The lowest BCUT2D eigenvalue weighted by atomic mass is 10.2. The predicted molar refractivity (Wildman–Crippen MR) is 82.9 cm³/mol. The summed E-state index contributed by atoms with van der Waals surface area (Å²) in [5.41, 5.74) is 1.09. The number of para-hydroxylation sites is 1. The van der Waals surface area contributed by atoms with Gasteiger partial charge in [0.2, 0.25) is 5.91 Å². The molecular weight excluding hydrogens is 264 g/mol. The maximum Gasteiger partial charge on any atom is 0.225 e. The third-order valence-electron chi connectivity index (χ3n) is 3.90. The van der Waals surface area contributed by atoms with E-state index in [-0.39, 0.29) is 5.91 Å². The van der Waals surface area contributed by atoms with E-state index in [1.165, 1.54) is 0 Å². The van der Waals surface area contributed by atoms with Crippen molar-refractivity contribution in [2.24, 2.45) is 0 Å². The zero-order valence-electron chi connectivity index (χ0n) is 12.4. The fourth-order valence-electron chi connectivity index (χ4n) is 2.70. The Kier molecular flexibility index (Phi) is 5.73. The second-order valence-corrected chi connectivity index (χ2v) is 5.23. The van der Waals surface area contributed by atoms with Gasteiger partial charge in [-0.3, -0.25) is 9.69 Å². The Labute approximate surface area is 125 Å². The van der Waals surface area contributed by atoms with E-state index in [0.29, 0.717) is 23.7 Å². The first kappa shape index (κ1) is 15.5. The number of carbonyl (C=O) groups is 1. The van der Waals surface area contributed by atoms with Gasteiger partial charge < -0.3 is 10.6 Å². The third kappa shape index (κ3) is 4.28. The molecule has 1 atom stereocenters. The number of hydrogen-bond acceptors (Lipinski definition) is 4. The summed E-state index contributed by atoms with van der Waals surface area (Å²) in [6, 6.07) is 9.70. The average molecular weight is 286 g/mol. The van der Waals surface area contributed by atoms with Gasteiger partial charge in [-0.15, -0.1) is 0 Å². The molecule has 1 aromatic carbocycles. The van der Waals surface area contributed by atoms with Gasteiger partial charge in [0, 0.05) is 25.6 Å². The van der Waals surface area contributed by atoms with Crippen LogP contribution < -0.4 is 10.6 Å². The maximum absolute atomic E-state index is 12.1. The second kappa shape index (κ2) is 7.77. The van der Waals surface area contributed by atoms with Crippen LogP contribution in [0.5, 0.6) is 0 Å².